The van der Waals surface area contributed by atoms with Crippen LogP contribution in [0, 0.1) is 5.92 Å². The monoisotopic (exact) mass is 400 g/mol. The molecule has 2 fully saturated rings. The molecule has 1 N–H and O–H groups in total. The third-order valence-corrected chi connectivity index (χ3v) is 7.54. The summed E-state index contributed by atoms with van der Waals surface area (Å²) in [6.07, 6.45) is 8.91. The van der Waals surface area contributed by atoms with Gasteiger partial charge >= 0.3 is 0 Å². The van der Waals surface area contributed by atoms with E-state index in [2.05, 4.69) is 32.9 Å². The number of aromatic amines is 1. The average molecular weight is 401 g/mol. The molecule has 1 aliphatic heterocycles. The van der Waals surface area contributed by atoms with Crippen molar-refractivity contribution in [3.05, 3.63) is 43.0 Å². The molecule has 0 spiro atoms. The number of nitrogens with zero attached hydrogens (tertiary/aromatic N) is 3. The Hall–Kier alpha value is -2.32. The molecule has 1 aromatic carbocycles. The van der Waals surface area contributed by atoms with Crippen LogP contribution in [-0.4, -0.2) is 46.5 Å². The van der Waals surface area contributed by atoms with E-state index in [1.54, 1.807) is 0 Å². The molecule has 1 aliphatic carbocycles. The first-order valence-corrected chi connectivity index (χ1v) is 11.3. The number of benzene rings is 1. The van der Waals surface area contributed by atoms with Crippen molar-refractivity contribution >= 4 is 20.9 Å². The fourth-order valence-electron chi connectivity index (χ4n) is 3.93. The van der Waals surface area contributed by atoms with Gasteiger partial charge in [0.05, 0.1) is 18.0 Å². The first-order chi connectivity index (χ1) is 13.6. The fraction of sp³-hybridized carbons (Fsp3) is 0.450. The van der Waals surface area contributed by atoms with E-state index in [1.807, 2.05) is 12.1 Å². The Labute approximate surface area is 164 Å². The molecule has 0 atom stereocenters. The molecule has 2 aliphatic rings. The van der Waals surface area contributed by atoms with Gasteiger partial charge in [-0.1, -0.05) is 6.07 Å². The lowest BCUT2D eigenvalue weighted by Gasteiger charge is -2.31. The molecule has 0 radical (unpaired) electrons. The zero-order valence-electron chi connectivity index (χ0n) is 15.6. The number of hydrogen-bond acceptors (Lipinski definition) is 4. The lowest BCUT2D eigenvalue weighted by atomic mass is 10.1. The van der Waals surface area contributed by atoms with Crippen molar-refractivity contribution in [2.75, 3.05) is 13.1 Å². The Kier molecular flexibility index (Phi) is 4.40. The Balaban J connectivity index is 1.27. The molecule has 2 aromatic heterocycles. The van der Waals surface area contributed by atoms with E-state index in [0.29, 0.717) is 25.9 Å². The number of ether oxygens (including phenoxy) is 1. The molecular formula is C20H24N4O3S. The van der Waals surface area contributed by atoms with Gasteiger partial charge in [0, 0.05) is 31.2 Å². The van der Waals surface area contributed by atoms with Crippen molar-refractivity contribution in [3.63, 3.8) is 0 Å². The molecule has 3 heterocycles. The van der Waals surface area contributed by atoms with Gasteiger partial charge in [0.25, 0.3) is 10.0 Å². The highest BCUT2D eigenvalue weighted by Gasteiger charge is 2.31. The second-order valence-electron chi connectivity index (χ2n) is 7.74. The molecule has 7 nitrogen and oxygen atoms in total. The molecule has 0 unspecified atom stereocenters. The van der Waals surface area contributed by atoms with Crippen LogP contribution in [-0.2, 0) is 16.6 Å². The smallest absolute Gasteiger partial charge is 0.260 e. The van der Waals surface area contributed by atoms with Crippen molar-refractivity contribution in [2.45, 2.75) is 43.4 Å². The third kappa shape index (κ3) is 3.31. The quantitative estimate of drug-likeness (QED) is 0.690. The highest BCUT2D eigenvalue weighted by molar-refractivity contribution is 7.89. The van der Waals surface area contributed by atoms with Gasteiger partial charge in [-0.2, -0.15) is 4.31 Å². The second kappa shape index (κ2) is 6.93. The lowest BCUT2D eigenvalue weighted by molar-refractivity contribution is 0.136. The Morgan fingerprint density at radius 2 is 1.96 bits per heavy atom. The summed E-state index contributed by atoms with van der Waals surface area (Å²) >= 11 is 0. The van der Waals surface area contributed by atoms with Crippen LogP contribution in [0.1, 0.15) is 25.7 Å². The summed E-state index contributed by atoms with van der Waals surface area (Å²) in [6.45, 7) is 1.98. The maximum Gasteiger partial charge on any atom is 0.260 e. The van der Waals surface area contributed by atoms with E-state index in [0.717, 1.165) is 23.6 Å². The van der Waals surface area contributed by atoms with Gasteiger partial charge in [-0.25, -0.2) is 13.4 Å². The van der Waals surface area contributed by atoms with E-state index in [-0.39, 0.29) is 11.1 Å². The summed E-state index contributed by atoms with van der Waals surface area (Å²) in [6, 6.07) is 8.32. The topological polar surface area (TPSA) is 80.2 Å². The van der Waals surface area contributed by atoms with E-state index >= 15 is 0 Å². The lowest BCUT2D eigenvalue weighted by Crippen LogP contribution is -2.41. The zero-order chi connectivity index (χ0) is 19.1. The van der Waals surface area contributed by atoms with E-state index < -0.39 is 10.0 Å². The van der Waals surface area contributed by atoms with Gasteiger partial charge in [-0.3, -0.25) is 0 Å². The zero-order valence-corrected chi connectivity index (χ0v) is 16.4. The maximum absolute atomic E-state index is 12.6. The first kappa shape index (κ1) is 17.8. The summed E-state index contributed by atoms with van der Waals surface area (Å²) < 4.78 is 35.3. The number of hydrogen-bond donors (Lipinski definition) is 1. The van der Waals surface area contributed by atoms with Crippen LogP contribution in [0.4, 0.5) is 0 Å². The van der Waals surface area contributed by atoms with E-state index in [4.69, 9.17) is 4.74 Å². The van der Waals surface area contributed by atoms with Crippen LogP contribution >= 0.6 is 0 Å². The Morgan fingerprint density at radius 1 is 1.14 bits per heavy atom. The van der Waals surface area contributed by atoms with Gasteiger partial charge < -0.3 is 14.3 Å². The molecular weight excluding hydrogens is 376 g/mol. The molecule has 1 saturated carbocycles. The van der Waals surface area contributed by atoms with Gasteiger partial charge in [0.15, 0.2) is 5.03 Å². The number of piperidine rings is 1. The molecule has 148 valence electrons. The van der Waals surface area contributed by atoms with Crippen molar-refractivity contribution in [3.8, 4) is 5.75 Å². The van der Waals surface area contributed by atoms with Crippen LogP contribution in [0.25, 0.3) is 10.9 Å². The number of aromatic nitrogens is 3. The van der Waals surface area contributed by atoms with Crippen LogP contribution in [0.3, 0.4) is 0 Å². The third-order valence-electron chi connectivity index (χ3n) is 5.71. The Bertz CT molecular complexity index is 1060. The predicted octanol–water partition coefficient (Wildman–Crippen LogP) is 3.01. The summed E-state index contributed by atoms with van der Waals surface area (Å²) in [5.41, 5.74) is 1.21. The molecule has 0 bridgehead atoms. The highest BCUT2D eigenvalue weighted by atomic mass is 32.2. The number of sulfonamides is 1. The fourth-order valence-corrected chi connectivity index (χ4v) is 5.29. The van der Waals surface area contributed by atoms with E-state index in [9.17, 15) is 8.42 Å². The highest BCUT2D eigenvalue weighted by Crippen LogP contribution is 2.34. The second-order valence-corrected chi connectivity index (χ2v) is 9.64. The Morgan fingerprint density at radius 3 is 2.68 bits per heavy atom. The van der Waals surface area contributed by atoms with Gasteiger partial charge in [-0.15, -0.1) is 0 Å². The largest absolute Gasteiger partial charge is 0.490 e. The van der Waals surface area contributed by atoms with E-state index in [1.165, 1.54) is 35.2 Å². The average Bonchev–Trinajstić information content (AvgIpc) is 3.17. The number of rotatable bonds is 6. The standard InChI is InChI=1S/C20H24N4O3S/c25-28(26,20-12-21-14-22-20)24-10-6-16(7-11-24)27-19-3-1-2-18-17(19)8-9-23(18)13-15-4-5-15/h1-3,8-9,12,14-16H,4-7,10-11,13H2,(H,21,22). The minimum atomic E-state index is -3.50. The normalized spacial score (nSPS) is 19.3. The van der Waals surface area contributed by atoms with Gasteiger partial charge in [0.2, 0.25) is 0 Å². The molecule has 3 aromatic rings. The van der Waals surface area contributed by atoms with Crippen LogP contribution < -0.4 is 4.74 Å². The maximum atomic E-state index is 12.6. The van der Waals surface area contributed by atoms with Gasteiger partial charge in [0.1, 0.15) is 11.9 Å². The number of H-pyrrole nitrogens is 1. The van der Waals surface area contributed by atoms with Crippen LogP contribution in [0.5, 0.6) is 5.75 Å². The summed E-state index contributed by atoms with van der Waals surface area (Å²) in [4.78, 5) is 6.51. The number of nitrogens with one attached hydrogen (secondary N) is 1. The molecule has 8 heteroatoms. The number of fused-ring (bicyclic) bond motifs is 1. The minimum Gasteiger partial charge on any atom is -0.490 e. The summed E-state index contributed by atoms with van der Waals surface area (Å²) in [7, 11) is -3.50. The number of imidazole rings is 1. The van der Waals surface area contributed by atoms with Crippen LogP contribution in [0.15, 0.2) is 48.0 Å². The SMILES string of the molecule is O=S(=O)(c1cnc[nH]1)N1CCC(Oc2cccc3c2ccn3CC2CC2)CC1. The van der Waals surface area contributed by atoms with Crippen molar-refractivity contribution in [2.24, 2.45) is 5.92 Å². The van der Waals surface area contributed by atoms with Gasteiger partial charge in [-0.05, 0) is 49.8 Å². The molecule has 1 saturated heterocycles. The first-order valence-electron chi connectivity index (χ1n) is 9.84. The molecule has 0 amide bonds. The van der Waals surface area contributed by atoms with Crippen molar-refractivity contribution in [1.29, 1.82) is 0 Å². The minimum absolute atomic E-state index is 0.0191. The molecule has 5 rings (SSSR count). The summed E-state index contributed by atoms with van der Waals surface area (Å²) in [5.74, 6) is 1.71. The predicted molar refractivity (Wildman–Crippen MR) is 106 cm³/mol. The van der Waals surface area contributed by atoms with Crippen molar-refractivity contribution in [1.82, 2.24) is 18.8 Å². The van der Waals surface area contributed by atoms with Crippen molar-refractivity contribution < 1.29 is 13.2 Å². The summed E-state index contributed by atoms with van der Waals surface area (Å²) in [5, 5.41) is 1.28. The van der Waals surface area contributed by atoms with Crippen LogP contribution in [0.2, 0.25) is 0 Å². The molecule has 28 heavy (non-hydrogen) atoms.